The topological polar surface area (TPSA) is 26.3 Å². The van der Waals surface area contributed by atoms with Crippen LogP contribution in [0, 0.1) is 35.0 Å². The number of allylic oxidation sites excluding steroid dienone is 3. The Morgan fingerprint density at radius 2 is 2.00 bits per heavy atom. The Hall–Kier alpha value is -1.05. The first-order valence-electron chi connectivity index (χ1n) is 9.25. The number of carbonyl (C=O) groups excluding carboxylic acids is 1. The monoisotopic (exact) mass is 318 g/mol. The quantitative estimate of drug-likeness (QED) is 0.652. The molecule has 0 amide bonds. The molecule has 2 nitrogen and oxygen atoms in total. The van der Waals surface area contributed by atoms with Gasteiger partial charge in [0.2, 0.25) is 0 Å². The van der Waals surface area contributed by atoms with Gasteiger partial charge in [-0.05, 0) is 41.6 Å². The molecule has 2 rings (SSSR count). The van der Waals surface area contributed by atoms with Gasteiger partial charge in [0, 0.05) is 5.92 Å². The van der Waals surface area contributed by atoms with Crippen LogP contribution >= 0.6 is 0 Å². The normalized spacial score (nSPS) is 35.3. The Balaban J connectivity index is 2.34. The molecule has 130 valence electrons. The maximum atomic E-state index is 12.4. The van der Waals surface area contributed by atoms with E-state index in [0.717, 1.165) is 12.8 Å². The molecule has 6 atom stereocenters. The van der Waals surface area contributed by atoms with E-state index in [-0.39, 0.29) is 23.4 Å². The first kappa shape index (κ1) is 18.3. The highest BCUT2D eigenvalue weighted by atomic mass is 16.5. The third kappa shape index (κ3) is 3.89. The molecule has 0 saturated carbocycles. The minimum absolute atomic E-state index is 0.00990. The summed E-state index contributed by atoms with van der Waals surface area (Å²) in [5.74, 6) is 1.77. The third-order valence-corrected chi connectivity index (χ3v) is 5.69. The molecule has 0 spiro atoms. The lowest BCUT2D eigenvalue weighted by Crippen LogP contribution is -2.45. The van der Waals surface area contributed by atoms with Crippen molar-refractivity contribution in [1.82, 2.24) is 0 Å². The molecule has 2 heteroatoms. The lowest BCUT2D eigenvalue weighted by atomic mass is 9.59. The van der Waals surface area contributed by atoms with E-state index in [1.54, 1.807) is 0 Å². The molecule has 0 aromatic carbocycles. The zero-order valence-electron chi connectivity index (χ0n) is 15.9. The van der Waals surface area contributed by atoms with Crippen molar-refractivity contribution in [2.45, 2.75) is 67.4 Å². The van der Waals surface area contributed by atoms with Crippen LogP contribution < -0.4 is 0 Å². The van der Waals surface area contributed by atoms with Gasteiger partial charge in [-0.25, -0.2) is 0 Å². The van der Waals surface area contributed by atoms with E-state index in [4.69, 9.17) is 4.74 Å². The van der Waals surface area contributed by atoms with Crippen molar-refractivity contribution in [3.63, 3.8) is 0 Å². The van der Waals surface area contributed by atoms with E-state index < -0.39 is 0 Å². The van der Waals surface area contributed by atoms with E-state index in [1.165, 1.54) is 5.57 Å². The highest BCUT2D eigenvalue weighted by molar-refractivity contribution is 5.72. The van der Waals surface area contributed by atoms with Crippen LogP contribution in [0.2, 0.25) is 0 Å². The van der Waals surface area contributed by atoms with Gasteiger partial charge in [-0.3, -0.25) is 4.79 Å². The first-order chi connectivity index (χ1) is 10.6. The summed E-state index contributed by atoms with van der Waals surface area (Å²) >= 11 is 0. The molecule has 0 bridgehead atoms. The Morgan fingerprint density at radius 3 is 2.57 bits per heavy atom. The van der Waals surface area contributed by atoms with Gasteiger partial charge in [0.15, 0.2) is 0 Å². The van der Waals surface area contributed by atoms with Gasteiger partial charge in [0.05, 0.1) is 5.92 Å². The molecule has 0 fully saturated rings. The minimum Gasteiger partial charge on any atom is -0.461 e. The average Bonchev–Trinajstić information content (AvgIpc) is 2.45. The summed E-state index contributed by atoms with van der Waals surface area (Å²) in [4.78, 5) is 12.4. The van der Waals surface area contributed by atoms with Gasteiger partial charge in [-0.2, -0.15) is 0 Å². The summed E-state index contributed by atoms with van der Waals surface area (Å²) in [6.45, 7) is 15.5. The molecule has 0 heterocycles. The number of ether oxygens (including phenoxy) is 1. The molecule has 0 N–H and O–H groups in total. The van der Waals surface area contributed by atoms with Gasteiger partial charge in [-0.1, -0.05) is 66.7 Å². The van der Waals surface area contributed by atoms with Gasteiger partial charge in [0.1, 0.15) is 6.10 Å². The van der Waals surface area contributed by atoms with Gasteiger partial charge in [0.25, 0.3) is 0 Å². The molecule has 0 aromatic rings. The number of hydrogen-bond donors (Lipinski definition) is 0. The van der Waals surface area contributed by atoms with Crippen molar-refractivity contribution < 1.29 is 9.53 Å². The Morgan fingerprint density at radius 1 is 1.35 bits per heavy atom. The largest absolute Gasteiger partial charge is 0.461 e. The van der Waals surface area contributed by atoms with Crippen LogP contribution in [0.5, 0.6) is 0 Å². The smallest absolute Gasteiger partial charge is 0.308 e. The van der Waals surface area contributed by atoms with Crippen molar-refractivity contribution in [2.24, 2.45) is 35.0 Å². The molecule has 0 saturated heterocycles. The molecule has 0 radical (unpaired) electrons. The summed E-state index contributed by atoms with van der Waals surface area (Å²) in [5, 5.41) is 0. The lowest BCUT2D eigenvalue weighted by Gasteiger charge is -2.48. The van der Waals surface area contributed by atoms with Crippen LogP contribution in [0.1, 0.15) is 61.3 Å². The fourth-order valence-corrected chi connectivity index (χ4v) is 4.43. The Labute approximate surface area is 142 Å². The van der Waals surface area contributed by atoms with Crippen molar-refractivity contribution in [3.05, 3.63) is 23.8 Å². The molecule has 2 aliphatic carbocycles. The second kappa shape index (κ2) is 6.83. The second-order valence-electron chi connectivity index (χ2n) is 8.80. The predicted molar refractivity (Wildman–Crippen MR) is 95.9 cm³/mol. The third-order valence-electron chi connectivity index (χ3n) is 5.69. The van der Waals surface area contributed by atoms with Crippen molar-refractivity contribution in [2.75, 3.05) is 0 Å². The lowest BCUT2D eigenvalue weighted by molar-refractivity contribution is -0.159. The van der Waals surface area contributed by atoms with E-state index in [1.807, 2.05) is 13.8 Å². The van der Waals surface area contributed by atoms with Crippen molar-refractivity contribution in [1.29, 1.82) is 0 Å². The van der Waals surface area contributed by atoms with Crippen molar-refractivity contribution in [3.8, 4) is 0 Å². The van der Waals surface area contributed by atoms with E-state index in [9.17, 15) is 4.79 Å². The zero-order chi connectivity index (χ0) is 17.4. The average molecular weight is 319 g/mol. The molecular formula is C21H34O2. The van der Waals surface area contributed by atoms with Gasteiger partial charge >= 0.3 is 5.97 Å². The van der Waals surface area contributed by atoms with E-state index in [2.05, 4.69) is 52.8 Å². The number of carbonyl (C=O) groups is 1. The van der Waals surface area contributed by atoms with Gasteiger partial charge in [-0.15, -0.1) is 0 Å². The van der Waals surface area contributed by atoms with E-state index >= 15 is 0 Å². The minimum atomic E-state index is -0.0270. The van der Waals surface area contributed by atoms with Crippen LogP contribution in [0.15, 0.2) is 23.8 Å². The number of rotatable bonds is 3. The van der Waals surface area contributed by atoms with Crippen LogP contribution in [0.3, 0.4) is 0 Å². The zero-order valence-corrected chi connectivity index (χ0v) is 15.9. The Bertz CT molecular complexity index is 494. The molecule has 0 aromatic heterocycles. The van der Waals surface area contributed by atoms with E-state index in [0.29, 0.717) is 23.7 Å². The molecule has 2 aliphatic rings. The highest BCUT2D eigenvalue weighted by Gasteiger charge is 2.46. The summed E-state index contributed by atoms with van der Waals surface area (Å²) in [7, 11) is 0. The van der Waals surface area contributed by atoms with Crippen LogP contribution in [0.25, 0.3) is 0 Å². The van der Waals surface area contributed by atoms with Crippen LogP contribution in [0.4, 0.5) is 0 Å². The fraction of sp³-hybridized carbons (Fsp3) is 0.762. The second-order valence-corrected chi connectivity index (χ2v) is 8.80. The summed E-state index contributed by atoms with van der Waals surface area (Å²) in [6.07, 6.45) is 8.81. The summed E-state index contributed by atoms with van der Waals surface area (Å²) < 4.78 is 6.04. The number of esters is 1. The summed E-state index contributed by atoms with van der Waals surface area (Å²) in [6, 6.07) is 0. The number of fused-ring (bicyclic) bond motifs is 1. The van der Waals surface area contributed by atoms with Gasteiger partial charge < -0.3 is 4.74 Å². The van der Waals surface area contributed by atoms with Crippen LogP contribution in [-0.4, -0.2) is 12.1 Å². The molecular weight excluding hydrogens is 284 g/mol. The predicted octanol–water partition coefficient (Wildman–Crippen LogP) is 5.39. The van der Waals surface area contributed by atoms with Crippen molar-refractivity contribution >= 4 is 5.97 Å². The Kier molecular flexibility index (Phi) is 5.43. The standard InChI is InChI=1S/C21H34O2/c1-8-14(3)20(22)23-17-12-13(2)11-16-10-9-15(4)19(18(16)17)21(5,6)7/h9-11,13-15,17-19H,8,12H2,1-7H3/t13-,14-,15-,17-,18+,19?/m0/s1. The highest BCUT2D eigenvalue weighted by Crippen LogP contribution is 2.49. The molecule has 23 heavy (non-hydrogen) atoms. The SMILES string of the molecule is CC[C@H](C)C(=O)O[C@H]1C[C@@H](C)C=C2C=C[C@H](C)C(C(C)(C)C)[C@H]21. The first-order valence-corrected chi connectivity index (χ1v) is 9.25. The summed E-state index contributed by atoms with van der Waals surface area (Å²) in [5.41, 5.74) is 1.57. The fourth-order valence-electron chi connectivity index (χ4n) is 4.43. The number of hydrogen-bond acceptors (Lipinski definition) is 2. The molecule has 0 aliphatic heterocycles. The molecule has 1 unspecified atom stereocenters. The van der Waals surface area contributed by atoms with Crippen LogP contribution in [-0.2, 0) is 9.53 Å². The maximum absolute atomic E-state index is 12.4. The maximum Gasteiger partial charge on any atom is 0.308 e.